The average molecular weight is 669 g/mol. The second kappa shape index (κ2) is 393. The van der Waals surface area contributed by atoms with Crippen LogP contribution in [0.3, 0.4) is 0 Å². The summed E-state index contributed by atoms with van der Waals surface area (Å²) in [6.45, 7) is 0. The van der Waals surface area contributed by atoms with Gasteiger partial charge in [0.25, 0.3) is 0 Å². The Balaban J connectivity index is -0.00000000107. The van der Waals surface area contributed by atoms with Crippen molar-refractivity contribution in [3.8, 4) is 0 Å². The smallest absolute Gasteiger partial charge is 0 e. The van der Waals surface area contributed by atoms with E-state index in [-0.39, 0.29) is 106 Å². The van der Waals surface area contributed by atoms with Gasteiger partial charge in [-0.2, -0.15) is 0 Å². The maximum absolute atomic E-state index is 4.73. The van der Waals surface area contributed by atoms with E-state index in [1.165, 1.54) is 0 Å². The molecule has 0 aliphatic rings. The summed E-state index contributed by atoms with van der Waals surface area (Å²) in [5.41, 5.74) is 0. The Morgan fingerprint density at radius 3 is 0.500 bits per heavy atom. The van der Waals surface area contributed by atoms with Gasteiger partial charge in [-0.15, -0.1) is 0 Å². The molecule has 0 spiro atoms. The predicted octanol–water partition coefficient (Wildman–Crippen LogP) is -7.80. The predicted molar refractivity (Wildman–Crippen MR) is 91.5 cm³/mol. The maximum Gasteiger partial charge on any atom is 0 e. The van der Waals surface area contributed by atoms with Crippen LogP contribution in [-0.2, 0) is 38.7 Å². The van der Waals surface area contributed by atoms with Gasteiger partial charge >= 0.3 is 99.6 Å². The normalized spacial score (nSPS) is 2.75. The van der Waals surface area contributed by atoms with Crippen LogP contribution < -0.4 is 0 Å². The summed E-state index contributed by atoms with van der Waals surface area (Å²) >= 11 is 1.71. The summed E-state index contributed by atoms with van der Waals surface area (Å²) in [5, 5.41) is 0. The van der Waals surface area contributed by atoms with E-state index in [2.05, 4.69) is 20.2 Å². The van der Waals surface area contributed by atoms with Gasteiger partial charge in [0.1, 0.15) is 0 Å². The first-order valence-electron chi connectivity index (χ1n) is 0.719. The second-order valence-corrected chi connectivity index (χ2v) is 5.04. The molecule has 1 radical (unpaired) electrons. The SMILES string of the molecule is O.O.O.O.O.O.O.O.O.O.O.O.O.O.[Cl][Co][Cl].[Cl][Cu][Cl].[Cl][Ni][Cl].[Na]. The van der Waals surface area contributed by atoms with Crippen molar-refractivity contribution >= 4 is 90.4 Å². The summed E-state index contributed by atoms with van der Waals surface area (Å²) in [7, 11) is 28.2. The summed E-state index contributed by atoms with van der Waals surface area (Å²) in [4.78, 5) is 0. The fourth-order valence-corrected chi connectivity index (χ4v) is 0. The van der Waals surface area contributed by atoms with Crippen LogP contribution in [0.25, 0.3) is 0 Å². The molecule has 24 heavy (non-hydrogen) atoms. The monoisotopic (exact) mass is 665 g/mol. The van der Waals surface area contributed by atoms with Gasteiger partial charge in [-0.3, -0.25) is 0 Å². The summed E-state index contributed by atoms with van der Waals surface area (Å²) < 4.78 is 0. The molecule has 0 heterocycles. The molecule has 14 nitrogen and oxygen atoms in total. The molecule has 0 fully saturated rings. The van der Waals surface area contributed by atoms with E-state index in [0.29, 0.717) is 25.5 Å². The Kier molecular flexibility index (Phi) is 3440. The topological polar surface area (TPSA) is 441 Å². The third kappa shape index (κ3) is 1150. The van der Waals surface area contributed by atoms with Crippen molar-refractivity contribution in [3.05, 3.63) is 0 Å². The van der Waals surface area contributed by atoms with E-state index >= 15 is 0 Å². The van der Waals surface area contributed by atoms with Gasteiger partial charge in [-0.1, -0.05) is 0 Å². The standard InChI is InChI=1S/6ClH.Co.Cu.Na.Ni.14H2O/h6*1H;;;;;14*1H2/q;;;;;;2*+2;;+2;;;;;;;;;;;;;;/p-6. The van der Waals surface area contributed by atoms with Crippen LogP contribution >= 0.6 is 60.9 Å². The van der Waals surface area contributed by atoms with Gasteiger partial charge in [0.05, 0.1) is 0 Å². The minimum Gasteiger partial charge on any atom is 0 e. The zero-order valence-electron chi connectivity index (χ0n) is 11.2. The third-order valence-electron chi connectivity index (χ3n) is 0. The second-order valence-electron chi connectivity index (χ2n) is 0.136. The summed E-state index contributed by atoms with van der Waals surface area (Å²) in [6, 6.07) is 0. The minimum absolute atomic E-state index is 0. The van der Waals surface area contributed by atoms with E-state index in [0.717, 1.165) is 13.1 Å². The van der Waals surface area contributed by atoms with Crippen molar-refractivity contribution in [2.24, 2.45) is 0 Å². The molecular formula is H28Cl6CoCuNaNiO14. The molecule has 0 aliphatic heterocycles. The van der Waals surface area contributed by atoms with E-state index in [1.807, 2.05) is 0 Å². The first-order valence-corrected chi connectivity index (χ1v) is 8.89. The van der Waals surface area contributed by atoms with Crippen molar-refractivity contribution in [2.45, 2.75) is 0 Å². The Bertz CT molecular complexity index is 46.0. The summed E-state index contributed by atoms with van der Waals surface area (Å²) in [5.74, 6) is 0. The molecule has 0 saturated carbocycles. The molecule has 24 heteroatoms. The van der Waals surface area contributed by atoms with Gasteiger partial charge in [0.15, 0.2) is 0 Å². The Morgan fingerprint density at radius 2 is 0.500 bits per heavy atom. The molecule has 0 aliphatic carbocycles. The van der Waals surface area contributed by atoms with Crippen LogP contribution in [0.1, 0.15) is 0 Å². The Labute approximate surface area is 203 Å². The molecule has 0 rings (SSSR count). The zero-order valence-corrected chi connectivity index (χ0v) is 20.7. The third-order valence-corrected chi connectivity index (χ3v) is 0. The van der Waals surface area contributed by atoms with Crippen molar-refractivity contribution in [2.75, 3.05) is 0 Å². The average Bonchev–Trinajstić information content (AvgIpc) is 1.70. The van der Waals surface area contributed by atoms with Crippen molar-refractivity contribution in [1.29, 1.82) is 0 Å². The van der Waals surface area contributed by atoms with Gasteiger partial charge in [0.2, 0.25) is 0 Å². The fourth-order valence-electron chi connectivity index (χ4n) is 0. The first kappa shape index (κ1) is 210. The molecule has 28 N–H and O–H groups in total. The molecular weight excluding hydrogens is 641 g/mol. The first-order chi connectivity index (χ1) is 4.24. The van der Waals surface area contributed by atoms with Crippen LogP contribution in [0.4, 0.5) is 0 Å². The molecule has 0 aromatic carbocycles. The largest absolute Gasteiger partial charge is 0 e. The number of hydrogen-bond donors (Lipinski definition) is 0. The summed E-state index contributed by atoms with van der Waals surface area (Å²) in [6.07, 6.45) is 0. The molecule has 0 amide bonds. The van der Waals surface area contributed by atoms with E-state index < -0.39 is 0 Å². The molecule has 0 unspecified atom stereocenters. The molecule has 0 saturated heterocycles. The van der Waals surface area contributed by atoms with Gasteiger partial charge < -0.3 is 76.7 Å². The van der Waals surface area contributed by atoms with Crippen molar-refractivity contribution in [1.82, 2.24) is 0 Å². The molecule has 0 aromatic heterocycles. The molecule has 0 atom stereocenters. The maximum atomic E-state index is 4.73. The van der Waals surface area contributed by atoms with Gasteiger partial charge in [-0.05, 0) is 0 Å². The van der Waals surface area contributed by atoms with Crippen LogP contribution in [0.15, 0.2) is 0 Å². The molecule has 0 bridgehead atoms. The molecule has 0 aromatic rings. The number of halogens is 6. The van der Waals surface area contributed by atoms with Crippen LogP contribution in [0, 0.1) is 0 Å². The van der Waals surface area contributed by atoms with Crippen LogP contribution in [-0.4, -0.2) is 106 Å². The fraction of sp³-hybridized carbons (Fsp3) is 0. The quantitative estimate of drug-likeness (QED) is 0.217. The Morgan fingerprint density at radius 1 is 0.500 bits per heavy atom. The van der Waals surface area contributed by atoms with Crippen LogP contribution in [0.2, 0.25) is 0 Å². The van der Waals surface area contributed by atoms with E-state index in [9.17, 15) is 0 Å². The number of hydrogen-bond acceptors (Lipinski definition) is 0. The van der Waals surface area contributed by atoms with Gasteiger partial charge in [0, 0.05) is 29.6 Å². The van der Waals surface area contributed by atoms with E-state index in [4.69, 9.17) is 40.7 Å². The van der Waals surface area contributed by atoms with E-state index in [1.54, 1.807) is 0 Å². The zero-order chi connectivity index (χ0) is 8.12. The minimum atomic E-state index is 0. The Hall–Kier alpha value is 3.70. The van der Waals surface area contributed by atoms with Crippen LogP contribution in [0.5, 0.6) is 0 Å². The number of rotatable bonds is 0. The van der Waals surface area contributed by atoms with Crippen molar-refractivity contribution < 1.29 is 115 Å². The van der Waals surface area contributed by atoms with Crippen molar-refractivity contribution in [3.63, 3.8) is 0 Å². The molecule has 185 valence electrons. The van der Waals surface area contributed by atoms with Gasteiger partial charge in [-0.25, -0.2) is 0 Å².